The number of primary amides is 1. The van der Waals surface area contributed by atoms with E-state index in [4.69, 9.17) is 30.2 Å². The highest BCUT2D eigenvalue weighted by Crippen LogP contribution is 2.31. The molecule has 0 aliphatic carbocycles. The molecule has 496 valence electrons. The monoisotopic (exact) mass is 1240 g/mol. The number of nitrogens with one attached hydrogen (secondary N) is 3. The molecule has 1 heterocycles. The Labute approximate surface area is 505 Å². The van der Waals surface area contributed by atoms with Crippen LogP contribution in [0.1, 0.15) is 228 Å². The number of ketones is 2. The van der Waals surface area contributed by atoms with Gasteiger partial charge >= 0.3 is 14.2 Å². The quantitative estimate of drug-likeness (QED) is 0.0175. The van der Waals surface area contributed by atoms with Crippen molar-refractivity contribution in [2.75, 3.05) is 32.9 Å². The minimum atomic E-state index is -3.37. The number of Topliss-reactive ketones (excluding diaryl/α,β-unsaturated/α-hetero) is 2. The summed E-state index contributed by atoms with van der Waals surface area (Å²) in [6, 6.07) is -5.95. The van der Waals surface area contributed by atoms with Crippen LogP contribution in [0.25, 0.3) is 0 Å². The number of carboxylic acid groups (broad SMARTS) is 1. The summed E-state index contributed by atoms with van der Waals surface area (Å²) in [5, 5.41) is 71.4. The van der Waals surface area contributed by atoms with E-state index >= 15 is 4.79 Å². The number of hydrogen-bond donors (Lipinski definition) is 12. The number of aliphatic hydroxyl groups is 5. The second kappa shape index (κ2) is 44.8. The minimum Gasteiger partial charge on any atom is -0.480 e. The molecule has 85 heavy (non-hydrogen) atoms. The number of aliphatic hydroxyl groups excluding tert-OH is 5. The van der Waals surface area contributed by atoms with E-state index in [1.54, 1.807) is 0 Å². The fraction of sp³-hybridized carbons (Fsp3) is 0.881. The van der Waals surface area contributed by atoms with Crippen molar-refractivity contribution in [2.45, 2.75) is 300 Å². The Hall–Kier alpha value is -3.56. The summed E-state index contributed by atoms with van der Waals surface area (Å²) < 4.78 is 33.7. The van der Waals surface area contributed by atoms with Gasteiger partial charge in [0.15, 0.2) is 23.6 Å². The molecule has 1 rings (SSSR count). The zero-order valence-electron chi connectivity index (χ0n) is 51.9. The molecule has 1 aliphatic heterocycles. The van der Waals surface area contributed by atoms with Crippen molar-refractivity contribution in [3.8, 4) is 0 Å². The largest absolute Gasteiger partial charge is 0.480 e. The van der Waals surface area contributed by atoms with E-state index < -0.39 is 154 Å². The smallest absolute Gasteiger partial charge is 0.326 e. The number of nitrogens with zero attached hydrogens (tertiary/aromatic N) is 1. The number of ether oxygens (including phenoxy) is 3. The van der Waals surface area contributed by atoms with Crippen LogP contribution in [0.2, 0.25) is 0 Å². The third kappa shape index (κ3) is 30.5. The lowest BCUT2D eigenvalue weighted by atomic mass is 9.79. The number of aliphatic carboxylic acids is 1. The zero-order chi connectivity index (χ0) is 64.0. The van der Waals surface area contributed by atoms with E-state index in [9.17, 15) is 68.9 Å². The maximum absolute atomic E-state index is 15.2. The highest BCUT2D eigenvalue weighted by atomic mass is 31.1. The molecule has 13 atom stereocenters. The number of rotatable bonds is 53. The molecule has 0 aromatic rings. The van der Waals surface area contributed by atoms with Crippen molar-refractivity contribution in [2.24, 2.45) is 11.5 Å². The molecule has 0 spiro atoms. The molecule has 1 aliphatic rings. The van der Waals surface area contributed by atoms with Crippen LogP contribution in [0, 0.1) is 0 Å². The van der Waals surface area contributed by atoms with Gasteiger partial charge in [0.05, 0.1) is 32.0 Å². The van der Waals surface area contributed by atoms with Crippen LogP contribution in [0.3, 0.4) is 0 Å². The van der Waals surface area contributed by atoms with E-state index in [1.165, 1.54) is 84.5 Å². The molecule has 4 unspecified atom stereocenters. The van der Waals surface area contributed by atoms with Crippen molar-refractivity contribution < 1.29 is 92.4 Å². The molecule has 4 amide bonds. The lowest BCUT2D eigenvalue weighted by Crippen LogP contribution is -2.70. The molecular formula is C59H111N6O19P. The first-order valence-electron chi connectivity index (χ1n) is 31.5. The van der Waals surface area contributed by atoms with Gasteiger partial charge in [-0.05, 0) is 40.0 Å². The Bertz CT molecular complexity index is 1960. The summed E-state index contributed by atoms with van der Waals surface area (Å²) in [6.45, 7) is 6.11. The Morgan fingerprint density at radius 2 is 1.24 bits per heavy atom. The first kappa shape index (κ1) is 79.5. The number of carboxylic acids is 1. The Morgan fingerprint density at radius 3 is 1.68 bits per heavy atom. The molecular weight excluding hydrogens is 1130 g/mol. The van der Waals surface area contributed by atoms with Gasteiger partial charge in [-0.3, -0.25) is 39.1 Å². The van der Waals surface area contributed by atoms with Crippen LogP contribution in [0.15, 0.2) is 0 Å². The topological polar surface area (TPSA) is 406 Å². The number of amides is 4. The standard InChI is InChI=1S/C59H111N6O19P/c1-7-9-11-13-15-17-19-21-23-25-27-29-31-33-47(69)59(48(70)40-67,53(73)44(62-36-37-81-85(79)80)32-30-28-26-24-22-20-18-16-14-12-10-8-2)84-58(6,61)57(78)64-45(54(60)74)34-35-49(71)65(42(4)55(75)76)38-41(3)82-52-50(63-43(5)68)56(77)83-46(39-66)51(52)72/h41-42,44-46,48,50-52,56,62,66-67,70,72,77,85H,7-40,61H2,1-6H3,(H2,60,74)(H,63,68)(H,64,78)(H,75,76)(H,79,80)/t41?,42-,44?,45+,46+,48-,50+,51+,52+,56-,58+,59?/m0/s1. The molecule has 25 nitrogen and oxygen atoms in total. The van der Waals surface area contributed by atoms with E-state index in [0.717, 1.165) is 83.0 Å². The summed E-state index contributed by atoms with van der Waals surface area (Å²) in [7, 11) is -3.37. The van der Waals surface area contributed by atoms with E-state index in [-0.39, 0.29) is 32.4 Å². The summed E-state index contributed by atoms with van der Waals surface area (Å²) >= 11 is 0. The summed E-state index contributed by atoms with van der Waals surface area (Å²) in [4.78, 5) is 106. The van der Waals surface area contributed by atoms with Gasteiger partial charge in [0.2, 0.25) is 23.3 Å². The SMILES string of the molecule is CCCCCCCCCCCCCCCC(=O)C(O[C@@](C)(N)C(=O)N[C@H](CCC(=O)N(CC(C)O[C@H]1[C@H](O)[C@@H](CO)O[C@H](O)[C@@H]1NC(C)=O)[C@@H](C)C(=O)O)C(N)=O)(C(=O)C(CCCCCCCCCCCCCC)NCCO[PH](=O)O)[C@@H](O)CO. The molecule has 0 radical (unpaired) electrons. The van der Waals surface area contributed by atoms with Gasteiger partial charge in [-0.1, -0.05) is 168 Å². The maximum Gasteiger partial charge on any atom is 0.326 e. The van der Waals surface area contributed by atoms with Crippen molar-refractivity contribution in [1.82, 2.24) is 20.9 Å². The molecule has 0 aromatic carbocycles. The number of unbranched alkanes of at least 4 members (excludes halogenated alkanes) is 23. The van der Waals surface area contributed by atoms with E-state index in [2.05, 4.69) is 29.8 Å². The molecule has 1 fully saturated rings. The van der Waals surface area contributed by atoms with Gasteiger partial charge in [0, 0.05) is 32.9 Å². The summed E-state index contributed by atoms with van der Waals surface area (Å²) in [5.74, 6) is -7.60. The predicted octanol–water partition coefficient (Wildman–Crippen LogP) is 4.24. The highest BCUT2D eigenvalue weighted by Gasteiger charge is 2.58. The fourth-order valence-corrected chi connectivity index (χ4v) is 10.9. The predicted molar refractivity (Wildman–Crippen MR) is 320 cm³/mol. The van der Waals surface area contributed by atoms with Crippen LogP contribution < -0.4 is 27.4 Å². The lowest BCUT2D eigenvalue weighted by molar-refractivity contribution is -0.268. The van der Waals surface area contributed by atoms with E-state index in [1.807, 2.05) is 0 Å². The van der Waals surface area contributed by atoms with Crippen molar-refractivity contribution >= 4 is 49.4 Å². The average Bonchev–Trinajstić information content (AvgIpc) is 3.51. The lowest BCUT2D eigenvalue weighted by Gasteiger charge is -2.43. The van der Waals surface area contributed by atoms with Gasteiger partial charge in [0.25, 0.3) is 5.91 Å². The van der Waals surface area contributed by atoms with Crippen molar-refractivity contribution in [3.05, 3.63) is 0 Å². The van der Waals surface area contributed by atoms with Gasteiger partial charge in [-0.2, -0.15) is 0 Å². The number of carbonyl (C=O) groups excluding carboxylic acids is 6. The van der Waals surface area contributed by atoms with Gasteiger partial charge < -0.3 is 80.9 Å². The van der Waals surface area contributed by atoms with Crippen molar-refractivity contribution in [1.29, 1.82) is 0 Å². The second-order valence-electron chi connectivity index (χ2n) is 23.1. The third-order valence-corrected chi connectivity index (χ3v) is 16.1. The Balaban J connectivity index is 3.52. The minimum absolute atomic E-state index is 0.0654. The van der Waals surface area contributed by atoms with Crippen LogP contribution in [-0.4, -0.2) is 187 Å². The van der Waals surface area contributed by atoms with Crippen LogP contribution in [0.5, 0.6) is 0 Å². The third-order valence-electron chi connectivity index (χ3n) is 15.7. The number of hydrogen-bond acceptors (Lipinski definition) is 19. The Kier molecular flexibility index (Phi) is 41.9. The zero-order valence-corrected chi connectivity index (χ0v) is 52.9. The van der Waals surface area contributed by atoms with E-state index in [0.29, 0.717) is 19.3 Å². The van der Waals surface area contributed by atoms with Crippen LogP contribution >= 0.6 is 8.25 Å². The first-order chi connectivity index (χ1) is 40.4. The summed E-state index contributed by atoms with van der Waals surface area (Å²) in [5.41, 5.74) is 6.52. The van der Waals surface area contributed by atoms with Crippen LogP contribution in [0.4, 0.5) is 0 Å². The van der Waals surface area contributed by atoms with Gasteiger partial charge in [-0.15, -0.1) is 0 Å². The molecule has 0 aromatic heterocycles. The molecule has 1 saturated heterocycles. The molecule has 26 heteroatoms. The Morgan fingerprint density at radius 1 is 0.741 bits per heavy atom. The first-order valence-corrected chi connectivity index (χ1v) is 32.7. The summed E-state index contributed by atoms with van der Waals surface area (Å²) in [6.07, 6.45) is 14.1. The number of nitrogens with two attached hydrogens (primary N) is 2. The highest BCUT2D eigenvalue weighted by molar-refractivity contribution is 7.32. The van der Waals surface area contributed by atoms with Gasteiger partial charge in [-0.25, -0.2) is 4.79 Å². The molecule has 0 bridgehead atoms. The maximum atomic E-state index is 15.2. The molecule has 0 saturated carbocycles. The second-order valence-corrected chi connectivity index (χ2v) is 23.9. The normalized spacial score (nSPS) is 20.6. The molecule has 14 N–H and O–H groups in total. The van der Waals surface area contributed by atoms with Gasteiger partial charge in [0.1, 0.15) is 42.5 Å². The number of carbonyl (C=O) groups is 7. The van der Waals surface area contributed by atoms with Crippen molar-refractivity contribution in [3.63, 3.8) is 0 Å². The average molecular weight is 1240 g/mol. The van der Waals surface area contributed by atoms with Crippen LogP contribution in [-0.2, 0) is 56.9 Å². The fourth-order valence-electron chi connectivity index (χ4n) is 10.6.